The Hall–Kier alpha value is -3.20. The van der Waals surface area contributed by atoms with Crippen LogP contribution in [0.2, 0.25) is 0 Å². The van der Waals surface area contributed by atoms with Gasteiger partial charge in [-0.15, -0.1) is 10.2 Å². The van der Waals surface area contributed by atoms with Crippen LogP contribution in [-0.4, -0.2) is 22.0 Å². The Kier molecular flexibility index (Phi) is 5.82. The van der Waals surface area contributed by atoms with E-state index in [0.29, 0.717) is 10.7 Å². The second-order valence-electron chi connectivity index (χ2n) is 5.49. The third-order valence-corrected chi connectivity index (χ3v) is 4.46. The lowest BCUT2D eigenvalue weighted by molar-refractivity contribution is -0.116. The highest BCUT2D eigenvalue weighted by Crippen LogP contribution is 2.16. The molecule has 2 amide bonds. The number of rotatable bonds is 6. The predicted molar refractivity (Wildman–Crippen MR) is 97.6 cm³/mol. The van der Waals surface area contributed by atoms with Crippen molar-refractivity contribution in [2.24, 2.45) is 0 Å². The molecule has 0 radical (unpaired) electrons. The number of hydrogen-bond donors (Lipinski definition) is 2. The van der Waals surface area contributed by atoms with Crippen molar-refractivity contribution >= 4 is 34.5 Å². The highest BCUT2D eigenvalue weighted by atomic mass is 32.1. The average molecular weight is 388 g/mol. The molecule has 0 saturated carbocycles. The summed E-state index contributed by atoms with van der Waals surface area (Å²) in [6, 6.07) is 11.2. The highest BCUT2D eigenvalue weighted by Gasteiger charge is 2.14. The monoisotopic (exact) mass is 388 g/mol. The molecule has 2 aromatic carbocycles. The van der Waals surface area contributed by atoms with Gasteiger partial charge < -0.3 is 10.6 Å². The summed E-state index contributed by atoms with van der Waals surface area (Å²) in [5, 5.41) is 13.4. The van der Waals surface area contributed by atoms with E-state index in [2.05, 4.69) is 20.8 Å². The Labute approximate surface area is 157 Å². The topological polar surface area (TPSA) is 84.0 Å². The summed E-state index contributed by atoms with van der Waals surface area (Å²) in [6.45, 7) is 0. The minimum Gasteiger partial charge on any atom is -0.324 e. The SMILES string of the molecule is O=C(CCc1nnc(C(=O)Nc2ccc(F)cc2)s1)Nc1ccccc1F. The number of para-hydroxylation sites is 1. The third kappa shape index (κ3) is 5.14. The van der Waals surface area contributed by atoms with Gasteiger partial charge in [-0.05, 0) is 36.4 Å². The van der Waals surface area contributed by atoms with E-state index in [0.717, 1.165) is 11.3 Å². The van der Waals surface area contributed by atoms with E-state index < -0.39 is 17.5 Å². The minimum atomic E-state index is -0.512. The van der Waals surface area contributed by atoms with Gasteiger partial charge in [-0.3, -0.25) is 9.59 Å². The molecular formula is C18H14F2N4O2S. The zero-order chi connectivity index (χ0) is 19.2. The molecule has 27 heavy (non-hydrogen) atoms. The fraction of sp³-hybridized carbons (Fsp3) is 0.111. The molecule has 0 saturated heterocycles. The first-order valence-electron chi connectivity index (χ1n) is 7.95. The summed E-state index contributed by atoms with van der Waals surface area (Å²) in [7, 11) is 0. The van der Waals surface area contributed by atoms with Crippen LogP contribution in [0.25, 0.3) is 0 Å². The van der Waals surface area contributed by atoms with Crippen molar-refractivity contribution < 1.29 is 18.4 Å². The zero-order valence-electron chi connectivity index (χ0n) is 13.9. The highest BCUT2D eigenvalue weighted by molar-refractivity contribution is 7.13. The minimum absolute atomic E-state index is 0.0720. The summed E-state index contributed by atoms with van der Waals surface area (Å²) < 4.78 is 26.4. The summed E-state index contributed by atoms with van der Waals surface area (Å²) in [6.07, 6.45) is 0.338. The summed E-state index contributed by atoms with van der Waals surface area (Å²) >= 11 is 1.05. The van der Waals surface area contributed by atoms with Crippen molar-refractivity contribution in [3.63, 3.8) is 0 Å². The quantitative estimate of drug-likeness (QED) is 0.675. The van der Waals surface area contributed by atoms with Crippen LogP contribution in [0.5, 0.6) is 0 Å². The lowest BCUT2D eigenvalue weighted by Crippen LogP contribution is -2.13. The lowest BCUT2D eigenvalue weighted by atomic mass is 10.2. The zero-order valence-corrected chi connectivity index (χ0v) is 14.7. The van der Waals surface area contributed by atoms with Gasteiger partial charge in [-0.2, -0.15) is 0 Å². The van der Waals surface area contributed by atoms with Gasteiger partial charge in [0.05, 0.1) is 5.69 Å². The van der Waals surface area contributed by atoms with Crippen molar-refractivity contribution in [2.45, 2.75) is 12.8 Å². The largest absolute Gasteiger partial charge is 0.324 e. The molecular weight excluding hydrogens is 374 g/mol. The van der Waals surface area contributed by atoms with Crippen LogP contribution in [0, 0.1) is 11.6 Å². The molecule has 0 unspecified atom stereocenters. The first-order valence-corrected chi connectivity index (χ1v) is 8.76. The molecule has 0 aliphatic rings. The molecule has 3 aromatic rings. The summed E-state index contributed by atoms with van der Waals surface area (Å²) in [4.78, 5) is 24.0. The van der Waals surface area contributed by atoms with Gasteiger partial charge in [-0.1, -0.05) is 23.5 Å². The molecule has 0 atom stereocenters. The van der Waals surface area contributed by atoms with Crippen LogP contribution < -0.4 is 10.6 Å². The number of nitrogens with one attached hydrogen (secondary N) is 2. The molecule has 1 heterocycles. The molecule has 0 aliphatic carbocycles. The number of hydrogen-bond acceptors (Lipinski definition) is 5. The second-order valence-corrected chi connectivity index (χ2v) is 6.55. The molecule has 0 fully saturated rings. The van der Waals surface area contributed by atoms with Crippen LogP contribution in [0.3, 0.4) is 0 Å². The Bertz CT molecular complexity index is 960. The molecule has 0 aliphatic heterocycles. The molecule has 0 spiro atoms. The molecule has 138 valence electrons. The van der Waals surface area contributed by atoms with Gasteiger partial charge in [-0.25, -0.2) is 8.78 Å². The molecule has 1 aromatic heterocycles. The van der Waals surface area contributed by atoms with E-state index in [1.54, 1.807) is 6.07 Å². The van der Waals surface area contributed by atoms with Gasteiger partial charge in [0.25, 0.3) is 5.91 Å². The maximum absolute atomic E-state index is 13.5. The number of aryl methyl sites for hydroxylation is 1. The number of carbonyl (C=O) groups is 2. The van der Waals surface area contributed by atoms with Crippen LogP contribution in [0.15, 0.2) is 48.5 Å². The van der Waals surface area contributed by atoms with E-state index in [4.69, 9.17) is 0 Å². The van der Waals surface area contributed by atoms with Crippen LogP contribution in [0.1, 0.15) is 21.2 Å². The summed E-state index contributed by atoms with van der Waals surface area (Å²) in [5.74, 6) is -1.75. The predicted octanol–water partition coefficient (Wildman–Crippen LogP) is 3.64. The van der Waals surface area contributed by atoms with Gasteiger partial charge in [0.2, 0.25) is 10.9 Å². The van der Waals surface area contributed by atoms with Crippen molar-refractivity contribution in [1.82, 2.24) is 10.2 Å². The van der Waals surface area contributed by atoms with Gasteiger partial charge in [0.1, 0.15) is 16.6 Å². The Morgan fingerprint density at radius 1 is 0.963 bits per heavy atom. The third-order valence-electron chi connectivity index (χ3n) is 3.48. The van der Waals surface area contributed by atoms with Crippen molar-refractivity contribution in [3.8, 4) is 0 Å². The van der Waals surface area contributed by atoms with E-state index in [9.17, 15) is 18.4 Å². The first kappa shape index (κ1) is 18.6. The average Bonchev–Trinajstić information content (AvgIpc) is 3.13. The Morgan fingerprint density at radius 2 is 1.70 bits per heavy atom. The smallest absolute Gasteiger partial charge is 0.286 e. The molecule has 9 heteroatoms. The molecule has 2 N–H and O–H groups in total. The second kappa shape index (κ2) is 8.45. The fourth-order valence-electron chi connectivity index (χ4n) is 2.16. The number of benzene rings is 2. The van der Waals surface area contributed by atoms with Crippen LogP contribution >= 0.6 is 11.3 Å². The number of carbonyl (C=O) groups excluding carboxylic acids is 2. The van der Waals surface area contributed by atoms with Crippen LogP contribution in [-0.2, 0) is 11.2 Å². The van der Waals surface area contributed by atoms with Gasteiger partial charge in [0, 0.05) is 18.5 Å². The number of nitrogens with zero attached hydrogens (tertiary/aromatic N) is 2. The normalized spacial score (nSPS) is 10.4. The first-order chi connectivity index (χ1) is 13.0. The van der Waals surface area contributed by atoms with E-state index >= 15 is 0 Å². The van der Waals surface area contributed by atoms with E-state index in [-0.39, 0.29) is 29.4 Å². The van der Waals surface area contributed by atoms with E-state index in [1.165, 1.54) is 42.5 Å². The van der Waals surface area contributed by atoms with Crippen molar-refractivity contribution in [3.05, 3.63) is 70.2 Å². The van der Waals surface area contributed by atoms with Gasteiger partial charge in [0.15, 0.2) is 0 Å². The Morgan fingerprint density at radius 3 is 2.44 bits per heavy atom. The number of aromatic nitrogens is 2. The number of anilines is 2. The Balaban J connectivity index is 1.53. The molecule has 0 bridgehead atoms. The number of halogens is 2. The van der Waals surface area contributed by atoms with Crippen molar-refractivity contribution in [1.29, 1.82) is 0 Å². The maximum atomic E-state index is 13.5. The standard InChI is InChI=1S/C18H14F2N4O2S/c19-11-5-7-12(8-6-11)21-17(26)18-24-23-16(27-18)10-9-15(25)22-14-4-2-1-3-13(14)20/h1-8H,9-10H2,(H,21,26)(H,22,25). The lowest BCUT2D eigenvalue weighted by Gasteiger charge is -2.04. The van der Waals surface area contributed by atoms with Crippen LogP contribution in [0.4, 0.5) is 20.2 Å². The number of amides is 2. The fourth-order valence-corrected chi connectivity index (χ4v) is 2.89. The van der Waals surface area contributed by atoms with E-state index in [1.807, 2.05) is 0 Å². The van der Waals surface area contributed by atoms with Crippen molar-refractivity contribution in [2.75, 3.05) is 10.6 Å². The van der Waals surface area contributed by atoms with Gasteiger partial charge >= 0.3 is 0 Å². The summed E-state index contributed by atoms with van der Waals surface area (Å²) in [5.41, 5.74) is 0.543. The molecule has 3 rings (SSSR count). The molecule has 6 nitrogen and oxygen atoms in total. The maximum Gasteiger partial charge on any atom is 0.286 e.